The number of halogens is 2. The molecule has 0 aliphatic carbocycles. The molecule has 1 fully saturated rings. The largest absolute Gasteiger partial charge is 0.296 e. The molecule has 164 valence electrons. The van der Waals surface area contributed by atoms with Gasteiger partial charge in [-0.3, -0.25) is 9.36 Å². The number of hydrogen-bond acceptors (Lipinski definition) is 4. The average molecular weight is 448 g/mol. The van der Waals surface area contributed by atoms with Crippen LogP contribution in [-0.4, -0.2) is 35.4 Å². The summed E-state index contributed by atoms with van der Waals surface area (Å²) < 4.78 is 55.2. The van der Waals surface area contributed by atoms with Crippen molar-refractivity contribution in [3.8, 4) is 0 Å². The lowest BCUT2D eigenvalue weighted by Crippen LogP contribution is -2.40. The Morgan fingerprint density at radius 3 is 2.39 bits per heavy atom. The summed E-state index contributed by atoms with van der Waals surface area (Å²) in [7, 11) is -3.69. The van der Waals surface area contributed by atoms with E-state index in [0.717, 1.165) is 12.1 Å². The lowest BCUT2D eigenvalue weighted by atomic mass is 9.98. The van der Waals surface area contributed by atoms with Crippen LogP contribution < -0.4 is 5.56 Å². The first-order chi connectivity index (χ1) is 14.7. The standard InChI is InChI=1S/C22H23F2N3O3S/c1-15-25-21-5-3-2-4-20(21)22(28)27(15)13-16-6-8-26(9-7-16)31(29,30)14-17-10-18(23)12-19(24)11-17/h2-5,10-12,16H,6-9,13-14H2,1H3. The molecular formula is C22H23F2N3O3S. The average Bonchev–Trinajstić information content (AvgIpc) is 2.70. The molecule has 9 heteroatoms. The number of piperidine rings is 1. The summed E-state index contributed by atoms with van der Waals surface area (Å²) in [6.45, 7) is 2.89. The first-order valence-electron chi connectivity index (χ1n) is 10.1. The molecule has 0 saturated carbocycles. The third kappa shape index (κ3) is 4.67. The maximum absolute atomic E-state index is 13.4. The number of aromatic nitrogens is 2. The monoisotopic (exact) mass is 447 g/mol. The fraction of sp³-hybridized carbons (Fsp3) is 0.364. The van der Waals surface area contributed by atoms with Gasteiger partial charge < -0.3 is 0 Å². The molecule has 31 heavy (non-hydrogen) atoms. The van der Waals surface area contributed by atoms with Crippen molar-refractivity contribution in [2.24, 2.45) is 5.92 Å². The van der Waals surface area contributed by atoms with Gasteiger partial charge >= 0.3 is 0 Å². The maximum Gasteiger partial charge on any atom is 0.261 e. The smallest absolute Gasteiger partial charge is 0.261 e. The Bertz CT molecular complexity index is 1260. The van der Waals surface area contributed by atoms with Gasteiger partial charge in [0, 0.05) is 25.7 Å². The SMILES string of the molecule is Cc1nc2ccccc2c(=O)n1CC1CCN(S(=O)(=O)Cc2cc(F)cc(F)c2)CC1. The van der Waals surface area contributed by atoms with E-state index in [1.165, 1.54) is 4.31 Å². The van der Waals surface area contributed by atoms with Crippen molar-refractivity contribution in [2.75, 3.05) is 13.1 Å². The fourth-order valence-corrected chi connectivity index (χ4v) is 5.66. The summed E-state index contributed by atoms with van der Waals surface area (Å²) >= 11 is 0. The van der Waals surface area contributed by atoms with Gasteiger partial charge in [0.05, 0.1) is 16.7 Å². The minimum Gasteiger partial charge on any atom is -0.296 e. The third-order valence-electron chi connectivity index (χ3n) is 5.73. The van der Waals surface area contributed by atoms with Crippen molar-refractivity contribution >= 4 is 20.9 Å². The molecule has 3 aromatic rings. The van der Waals surface area contributed by atoms with E-state index in [4.69, 9.17) is 0 Å². The van der Waals surface area contributed by atoms with Gasteiger partial charge in [-0.05, 0) is 55.5 Å². The molecule has 1 aromatic heterocycles. The van der Waals surface area contributed by atoms with Crippen molar-refractivity contribution < 1.29 is 17.2 Å². The van der Waals surface area contributed by atoms with Gasteiger partial charge in [-0.25, -0.2) is 26.5 Å². The van der Waals surface area contributed by atoms with Crippen molar-refractivity contribution in [3.63, 3.8) is 0 Å². The quantitative estimate of drug-likeness (QED) is 0.602. The number of sulfonamides is 1. The van der Waals surface area contributed by atoms with Crippen LogP contribution in [0, 0.1) is 24.5 Å². The van der Waals surface area contributed by atoms with E-state index in [9.17, 15) is 22.0 Å². The zero-order valence-electron chi connectivity index (χ0n) is 17.1. The second-order valence-corrected chi connectivity index (χ2v) is 9.94. The Labute approximate surface area is 179 Å². The molecule has 0 spiro atoms. The summed E-state index contributed by atoms with van der Waals surface area (Å²) in [5, 5.41) is 0.565. The number of benzene rings is 2. The second kappa shape index (κ2) is 8.47. The molecule has 2 aromatic carbocycles. The Morgan fingerprint density at radius 1 is 1.06 bits per heavy atom. The lowest BCUT2D eigenvalue weighted by molar-refractivity contribution is 0.249. The molecule has 0 atom stereocenters. The third-order valence-corrected chi connectivity index (χ3v) is 7.58. The molecule has 4 rings (SSSR count). The van der Waals surface area contributed by atoms with Crippen LogP contribution in [0.2, 0.25) is 0 Å². The summed E-state index contributed by atoms with van der Waals surface area (Å²) in [6, 6.07) is 10.00. The molecule has 0 bridgehead atoms. The van der Waals surface area contributed by atoms with Crippen molar-refractivity contribution in [1.82, 2.24) is 13.9 Å². The molecule has 0 N–H and O–H groups in total. The first kappa shape index (κ1) is 21.6. The molecule has 1 saturated heterocycles. The molecule has 1 aliphatic rings. The Balaban J connectivity index is 1.44. The van der Waals surface area contributed by atoms with Crippen LogP contribution in [0.3, 0.4) is 0 Å². The molecule has 1 aliphatic heterocycles. The minimum absolute atomic E-state index is 0.0871. The summed E-state index contributed by atoms with van der Waals surface area (Å²) in [6.07, 6.45) is 1.19. The molecule has 2 heterocycles. The highest BCUT2D eigenvalue weighted by Gasteiger charge is 2.29. The normalized spacial score (nSPS) is 16.1. The highest BCUT2D eigenvalue weighted by molar-refractivity contribution is 7.88. The number of fused-ring (bicyclic) bond motifs is 1. The van der Waals surface area contributed by atoms with E-state index in [2.05, 4.69) is 4.98 Å². The zero-order chi connectivity index (χ0) is 22.2. The zero-order valence-corrected chi connectivity index (χ0v) is 17.9. The minimum atomic E-state index is -3.69. The predicted molar refractivity (Wildman–Crippen MR) is 114 cm³/mol. The molecule has 6 nitrogen and oxygen atoms in total. The molecular weight excluding hydrogens is 424 g/mol. The Morgan fingerprint density at radius 2 is 1.71 bits per heavy atom. The van der Waals surface area contributed by atoms with E-state index in [0.29, 0.717) is 55.3 Å². The van der Waals surface area contributed by atoms with Crippen LogP contribution in [0.25, 0.3) is 10.9 Å². The van der Waals surface area contributed by atoms with Crippen LogP contribution in [-0.2, 0) is 22.3 Å². The summed E-state index contributed by atoms with van der Waals surface area (Å²) in [5.41, 5.74) is 0.659. The second-order valence-electron chi connectivity index (χ2n) is 7.97. The van der Waals surface area contributed by atoms with Crippen LogP contribution >= 0.6 is 0 Å². The Kier molecular flexibility index (Phi) is 5.90. The Hall–Kier alpha value is -2.65. The highest BCUT2D eigenvalue weighted by Crippen LogP contribution is 2.24. The predicted octanol–water partition coefficient (Wildman–Crippen LogP) is 3.23. The summed E-state index contributed by atoms with van der Waals surface area (Å²) in [4.78, 5) is 17.4. The van der Waals surface area contributed by atoms with Gasteiger partial charge in [0.2, 0.25) is 10.0 Å². The molecule has 0 amide bonds. The number of aryl methyl sites for hydroxylation is 1. The van der Waals surface area contributed by atoms with E-state index >= 15 is 0 Å². The number of para-hydroxylation sites is 1. The highest BCUT2D eigenvalue weighted by atomic mass is 32.2. The van der Waals surface area contributed by atoms with E-state index < -0.39 is 27.4 Å². The summed E-state index contributed by atoms with van der Waals surface area (Å²) in [5.74, 6) is -1.27. The van der Waals surface area contributed by atoms with Crippen molar-refractivity contribution in [3.05, 3.63) is 75.8 Å². The van der Waals surface area contributed by atoms with Gasteiger partial charge in [-0.1, -0.05) is 12.1 Å². The van der Waals surface area contributed by atoms with Gasteiger partial charge in [0.25, 0.3) is 5.56 Å². The van der Waals surface area contributed by atoms with Crippen LogP contribution in [0.4, 0.5) is 8.78 Å². The fourth-order valence-electron chi connectivity index (χ4n) is 4.12. The van der Waals surface area contributed by atoms with E-state index in [1.54, 1.807) is 23.6 Å². The van der Waals surface area contributed by atoms with Crippen molar-refractivity contribution in [2.45, 2.75) is 32.1 Å². The lowest BCUT2D eigenvalue weighted by Gasteiger charge is -2.31. The van der Waals surface area contributed by atoms with E-state index in [1.807, 2.05) is 12.1 Å². The van der Waals surface area contributed by atoms with Crippen LogP contribution in [0.5, 0.6) is 0 Å². The van der Waals surface area contributed by atoms with Gasteiger partial charge in [-0.2, -0.15) is 0 Å². The number of hydrogen-bond donors (Lipinski definition) is 0. The van der Waals surface area contributed by atoms with Crippen LogP contribution in [0.15, 0.2) is 47.3 Å². The number of nitrogens with zero attached hydrogens (tertiary/aromatic N) is 3. The van der Waals surface area contributed by atoms with Gasteiger partial charge in [0.1, 0.15) is 17.5 Å². The van der Waals surface area contributed by atoms with Crippen molar-refractivity contribution in [1.29, 1.82) is 0 Å². The van der Waals surface area contributed by atoms with E-state index in [-0.39, 0.29) is 17.0 Å². The topological polar surface area (TPSA) is 72.3 Å². The first-order valence-corrected chi connectivity index (χ1v) is 11.7. The molecule has 0 radical (unpaired) electrons. The van der Waals surface area contributed by atoms with Gasteiger partial charge in [0.15, 0.2) is 0 Å². The molecule has 0 unspecified atom stereocenters. The van der Waals surface area contributed by atoms with Crippen LogP contribution in [0.1, 0.15) is 24.2 Å². The van der Waals surface area contributed by atoms with Gasteiger partial charge in [-0.15, -0.1) is 0 Å². The number of rotatable bonds is 5. The maximum atomic E-state index is 13.4.